The summed E-state index contributed by atoms with van der Waals surface area (Å²) in [5, 5.41) is -2.40. The molecule has 0 saturated carbocycles. The molecule has 0 aliphatic carbocycles. The van der Waals surface area contributed by atoms with Gasteiger partial charge in [0.15, 0.2) is 18.5 Å². The zero-order valence-electron chi connectivity index (χ0n) is 26.0. The summed E-state index contributed by atoms with van der Waals surface area (Å²) < 4.78 is 55.0. The van der Waals surface area contributed by atoms with Gasteiger partial charge in [0.2, 0.25) is 6.29 Å². The number of esters is 7. The third-order valence-corrected chi connectivity index (χ3v) is 7.82. The molecule has 0 radical (unpaired) electrons. The number of carbonyl (C=O) groups excluding carboxylic acids is 7. The molecule has 18 heteroatoms. The third-order valence-electron chi connectivity index (χ3n) is 6.12. The number of hydrogen-bond donors (Lipinski definition) is 0. The van der Waals surface area contributed by atoms with Crippen molar-refractivity contribution in [3.05, 3.63) is 0 Å². The molecule has 0 amide bonds. The van der Waals surface area contributed by atoms with E-state index in [2.05, 4.69) is 0 Å². The van der Waals surface area contributed by atoms with Crippen molar-refractivity contribution in [1.82, 2.24) is 0 Å². The highest BCUT2D eigenvalue weighted by Gasteiger charge is 2.57. The minimum absolute atomic E-state index is 0.420. The molecule has 2 aliphatic heterocycles. The first-order valence-electron chi connectivity index (χ1n) is 13.7. The molecule has 0 aromatic heterocycles. The zero-order valence-corrected chi connectivity index (χ0v) is 26.9. The van der Waals surface area contributed by atoms with E-state index in [0.717, 1.165) is 60.2 Å². The average Bonchev–Trinajstić information content (AvgIpc) is 2.90. The number of ether oxygens (including phenoxy) is 10. The van der Waals surface area contributed by atoms with Crippen molar-refractivity contribution < 1.29 is 80.9 Å². The van der Waals surface area contributed by atoms with Crippen LogP contribution in [0.4, 0.5) is 0 Å². The summed E-state index contributed by atoms with van der Waals surface area (Å²) in [6.07, 6.45) is -10.9. The quantitative estimate of drug-likeness (QED) is 0.198. The second-order valence-electron chi connectivity index (χ2n) is 9.90. The summed E-state index contributed by atoms with van der Waals surface area (Å²) in [5.41, 5.74) is 0. The molecule has 0 aromatic rings. The second kappa shape index (κ2) is 17.3. The molecule has 0 aromatic carbocycles. The minimum atomic E-state index is -1.61. The van der Waals surface area contributed by atoms with Crippen LogP contribution in [0.5, 0.6) is 0 Å². The van der Waals surface area contributed by atoms with Gasteiger partial charge in [-0.2, -0.15) is 0 Å². The van der Waals surface area contributed by atoms with E-state index in [0.29, 0.717) is 0 Å². The van der Waals surface area contributed by atoms with E-state index in [1.807, 2.05) is 0 Å². The number of thioether (sulfide) groups is 1. The van der Waals surface area contributed by atoms with Crippen molar-refractivity contribution >= 4 is 53.5 Å². The first-order chi connectivity index (χ1) is 21.0. The molecule has 2 rings (SSSR count). The van der Waals surface area contributed by atoms with Gasteiger partial charge in [-0.15, -0.1) is 11.8 Å². The van der Waals surface area contributed by atoms with Crippen molar-refractivity contribution in [2.75, 3.05) is 20.3 Å². The highest BCUT2D eigenvalue weighted by atomic mass is 32.2. The summed E-state index contributed by atoms with van der Waals surface area (Å²) in [7, 11) is 1.25. The van der Waals surface area contributed by atoms with E-state index in [9.17, 15) is 33.6 Å². The Labute approximate surface area is 263 Å². The lowest BCUT2D eigenvalue weighted by Gasteiger charge is -2.49. The topological polar surface area (TPSA) is 212 Å². The molecule has 17 nitrogen and oxygen atoms in total. The molecule has 0 bridgehead atoms. The van der Waals surface area contributed by atoms with Gasteiger partial charge in [-0.25, -0.2) is 0 Å². The molecule has 0 N–H and O–H groups in total. The maximum atomic E-state index is 12.3. The van der Waals surface area contributed by atoms with Crippen molar-refractivity contribution in [2.45, 2.75) is 108 Å². The van der Waals surface area contributed by atoms with Gasteiger partial charge < -0.3 is 47.4 Å². The maximum absolute atomic E-state index is 12.3. The zero-order chi connectivity index (χ0) is 34.0. The summed E-state index contributed by atoms with van der Waals surface area (Å²) in [6.45, 7) is 6.84. The van der Waals surface area contributed by atoms with Gasteiger partial charge in [0.1, 0.15) is 37.6 Å². The standard InChI is InChI=1S/C27H38O17S/c1-11(28)36-9-18-20(38-13(3)30)24(22(40-15(5)32)26(35-8)43-18)45-25-21(39-14(4)31)19(10-37-12(2)29)44-27(42-17(7)34)23(25)41-16(6)33/h18-27H,9-10H2,1-8H3/t18-,19-,20-,21-,22+,23-,24+,25+,26+,27?/m1/s1. The number of hydrogen-bond acceptors (Lipinski definition) is 18. The highest BCUT2D eigenvalue weighted by Crippen LogP contribution is 2.43. The van der Waals surface area contributed by atoms with Crippen LogP contribution in [0.2, 0.25) is 0 Å². The number of carbonyl (C=O) groups is 7. The van der Waals surface area contributed by atoms with Crippen molar-refractivity contribution in [2.24, 2.45) is 0 Å². The van der Waals surface area contributed by atoms with Crippen LogP contribution in [0.15, 0.2) is 0 Å². The molecule has 254 valence electrons. The summed E-state index contributed by atoms with van der Waals surface area (Å²) in [6, 6.07) is 0. The Hall–Kier alpha value is -3.48. The molecule has 2 aliphatic rings. The highest BCUT2D eigenvalue weighted by molar-refractivity contribution is 8.00. The Morgan fingerprint density at radius 1 is 0.489 bits per heavy atom. The van der Waals surface area contributed by atoms with Crippen molar-refractivity contribution in [3.63, 3.8) is 0 Å². The van der Waals surface area contributed by atoms with E-state index in [1.54, 1.807) is 0 Å². The van der Waals surface area contributed by atoms with E-state index in [-0.39, 0.29) is 0 Å². The predicted molar refractivity (Wildman–Crippen MR) is 147 cm³/mol. The predicted octanol–water partition coefficient (Wildman–Crippen LogP) is -0.0309. The molecule has 45 heavy (non-hydrogen) atoms. The smallest absolute Gasteiger partial charge is 0.305 e. The van der Waals surface area contributed by atoms with Crippen LogP contribution in [0.3, 0.4) is 0 Å². The first-order valence-corrected chi connectivity index (χ1v) is 14.6. The van der Waals surface area contributed by atoms with Gasteiger partial charge >= 0.3 is 41.8 Å². The van der Waals surface area contributed by atoms with Crippen LogP contribution >= 0.6 is 11.8 Å². The Kier molecular flexibility index (Phi) is 14.5. The lowest BCUT2D eigenvalue weighted by atomic mass is 10.0. The fourth-order valence-corrected chi connectivity index (χ4v) is 6.48. The fraction of sp³-hybridized carbons (Fsp3) is 0.741. The first kappa shape index (κ1) is 37.7. The summed E-state index contributed by atoms with van der Waals surface area (Å²) >= 11 is 0.847. The van der Waals surface area contributed by atoms with Crippen LogP contribution in [0, 0.1) is 0 Å². The number of rotatable bonds is 12. The molecular formula is C27H38O17S. The van der Waals surface area contributed by atoms with Gasteiger partial charge in [0.05, 0.1) is 10.5 Å². The molecular weight excluding hydrogens is 628 g/mol. The van der Waals surface area contributed by atoms with Crippen molar-refractivity contribution in [3.8, 4) is 0 Å². The lowest BCUT2D eigenvalue weighted by Crippen LogP contribution is -2.64. The molecule has 2 fully saturated rings. The summed E-state index contributed by atoms with van der Waals surface area (Å²) in [4.78, 5) is 84.6. The van der Waals surface area contributed by atoms with Crippen LogP contribution < -0.4 is 0 Å². The van der Waals surface area contributed by atoms with Crippen molar-refractivity contribution in [1.29, 1.82) is 0 Å². The van der Waals surface area contributed by atoms with Gasteiger partial charge in [-0.3, -0.25) is 33.6 Å². The lowest BCUT2D eigenvalue weighted by molar-refractivity contribution is -0.271. The molecule has 2 heterocycles. The fourth-order valence-electron chi connectivity index (χ4n) is 4.67. The Bertz CT molecular complexity index is 1110. The van der Waals surface area contributed by atoms with Gasteiger partial charge in [-0.1, -0.05) is 0 Å². The van der Waals surface area contributed by atoms with Crippen LogP contribution in [-0.4, -0.2) is 122 Å². The Morgan fingerprint density at radius 3 is 1.16 bits per heavy atom. The van der Waals surface area contributed by atoms with E-state index >= 15 is 0 Å². The monoisotopic (exact) mass is 666 g/mol. The Morgan fingerprint density at radius 2 is 0.822 bits per heavy atom. The van der Waals surface area contributed by atoms with Gasteiger partial charge in [0.25, 0.3) is 0 Å². The van der Waals surface area contributed by atoms with Crippen LogP contribution in [0.25, 0.3) is 0 Å². The summed E-state index contributed by atoms with van der Waals surface area (Å²) in [5.74, 6) is -5.42. The molecule has 0 spiro atoms. The second-order valence-corrected chi connectivity index (χ2v) is 11.3. The van der Waals surface area contributed by atoms with E-state index in [4.69, 9.17) is 47.4 Å². The molecule has 2 saturated heterocycles. The van der Waals surface area contributed by atoms with Crippen LogP contribution in [0.1, 0.15) is 48.5 Å². The Balaban J connectivity index is 2.77. The minimum Gasteiger partial charge on any atom is -0.463 e. The maximum Gasteiger partial charge on any atom is 0.305 e. The largest absolute Gasteiger partial charge is 0.463 e. The normalized spacial score (nSPS) is 31.0. The van der Waals surface area contributed by atoms with E-state index in [1.165, 1.54) is 7.11 Å². The third kappa shape index (κ3) is 11.4. The van der Waals surface area contributed by atoms with Crippen LogP contribution in [-0.2, 0) is 80.9 Å². The van der Waals surface area contributed by atoms with E-state index < -0.39 is 115 Å². The van der Waals surface area contributed by atoms with Gasteiger partial charge in [-0.05, 0) is 0 Å². The molecule has 10 atom stereocenters. The molecule has 1 unspecified atom stereocenters. The van der Waals surface area contributed by atoms with Gasteiger partial charge in [0, 0.05) is 55.6 Å². The average molecular weight is 667 g/mol. The SMILES string of the molecule is CO[C@H]1O[C@H](COC(C)=O)[C@@H](OC(C)=O)[C@H](S[C@H]2[C@H](OC(C)=O)[C@@H](COC(C)=O)OC(OC(C)=O)[C@@H]2OC(C)=O)[C@@H]1OC(C)=O. The number of methoxy groups -OCH3 is 1.